The highest BCUT2D eigenvalue weighted by Crippen LogP contribution is 2.13. The van der Waals surface area contributed by atoms with E-state index in [0.717, 1.165) is 18.7 Å². The van der Waals surface area contributed by atoms with Crippen LogP contribution in [0.2, 0.25) is 0 Å². The van der Waals surface area contributed by atoms with E-state index >= 15 is 0 Å². The van der Waals surface area contributed by atoms with Crippen molar-refractivity contribution < 1.29 is 13.2 Å². The van der Waals surface area contributed by atoms with Gasteiger partial charge in [-0.25, -0.2) is 23.1 Å². The molecule has 1 aromatic carbocycles. The predicted molar refractivity (Wildman–Crippen MR) is 90.3 cm³/mol. The van der Waals surface area contributed by atoms with Crippen molar-refractivity contribution >= 4 is 16.0 Å². The molecule has 0 aliphatic carbocycles. The summed E-state index contributed by atoms with van der Waals surface area (Å²) in [7, 11) is -3.56. The van der Waals surface area contributed by atoms with Crippen molar-refractivity contribution in [2.45, 2.75) is 18.4 Å². The molecule has 8 heteroatoms. The third-order valence-electron chi connectivity index (χ3n) is 3.74. The summed E-state index contributed by atoms with van der Waals surface area (Å²) >= 11 is 0. The fourth-order valence-electron chi connectivity index (χ4n) is 2.43. The lowest BCUT2D eigenvalue weighted by Crippen LogP contribution is -2.37. The first kappa shape index (κ1) is 16.8. The van der Waals surface area contributed by atoms with Crippen LogP contribution >= 0.6 is 0 Å². The summed E-state index contributed by atoms with van der Waals surface area (Å²) in [6.07, 6.45) is 1.65. The minimum atomic E-state index is -3.56. The Bertz CT molecular complexity index is 804. The molecule has 2 heterocycles. The van der Waals surface area contributed by atoms with Crippen LogP contribution in [-0.4, -0.2) is 44.7 Å². The van der Waals surface area contributed by atoms with Gasteiger partial charge in [0.05, 0.1) is 30.3 Å². The van der Waals surface area contributed by atoms with E-state index in [4.69, 9.17) is 4.74 Å². The predicted octanol–water partition coefficient (Wildman–Crippen LogP) is 1.10. The molecular weight excluding hydrogens is 328 g/mol. The van der Waals surface area contributed by atoms with Gasteiger partial charge in [-0.3, -0.25) is 0 Å². The topological polar surface area (TPSA) is 84.4 Å². The van der Waals surface area contributed by atoms with Crippen LogP contribution < -0.4 is 9.62 Å². The van der Waals surface area contributed by atoms with Crippen molar-refractivity contribution in [1.29, 1.82) is 0 Å². The normalized spacial score (nSPS) is 15.5. The lowest BCUT2D eigenvalue weighted by molar-refractivity contribution is 0.122. The van der Waals surface area contributed by atoms with Gasteiger partial charge in [0, 0.05) is 19.3 Å². The maximum absolute atomic E-state index is 12.4. The van der Waals surface area contributed by atoms with Gasteiger partial charge in [0.15, 0.2) is 0 Å². The summed E-state index contributed by atoms with van der Waals surface area (Å²) in [6, 6.07) is 8.52. The minimum Gasteiger partial charge on any atom is -0.378 e. The Balaban J connectivity index is 1.70. The minimum absolute atomic E-state index is 0.121. The van der Waals surface area contributed by atoms with Gasteiger partial charge in [-0.15, -0.1) is 0 Å². The molecule has 3 rings (SSSR count). The molecule has 128 valence electrons. The number of nitrogens with zero attached hydrogens (tertiary/aromatic N) is 3. The summed E-state index contributed by atoms with van der Waals surface area (Å²) in [5, 5.41) is 0. The molecule has 0 spiro atoms. The molecule has 0 bridgehead atoms. The molecule has 1 N–H and O–H groups in total. The Hall–Kier alpha value is -2.03. The average molecular weight is 348 g/mol. The maximum Gasteiger partial charge on any atom is 0.240 e. The Morgan fingerprint density at radius 2 is 2.04 bits per heavy atom. The van der Waals surface area contributed by atoms with Crippen LogP contribution in [0.5, 0.6) is 0 Å². The fourth-order valence-corrected chi connectivity index (χ4v) is 3.54. The van der Waals surface area contributed by atoms with Gasteiger partial charge in [-0.1, -0.05) is 12.1 Å². The standard InChI is InChI=1S/C16H20N4O3S/c1-13-3-2-4-15(11-13)24(21,22)18-12-14-5-6-17-16(19-14)20-7-9-23-10-8-20/h2-6,11,18H,7-10,12H2,1H3. The number of morpholine rings is 1. The van der Waals surface area contributed by atoms with Crippen LogP contribution in [0.3, 0.4) is 0 Å². The molecule has 1 fully saturated rings. The number of rotatable bonds is 5. The lowest BCUT2D eigenvalue weighted by Gasteiger charge is -2.26. The van der Waals surface area contributed by atoms with E-state index in [0.29, 0.717) is 24.9 Å². The zero-order valence-electron chi connectivity index (χ0n) is 13.5. The summed E-state index contributed by atoms with van der Waals surface area (Å²) in [6.45, 7) is 4.74. The summed E-state index contributed by atoms with van der Waals surface area (Å²) in [5.41, 5.74) is 1.53. The van der Waals surface area contributed by atoms with Gasteiger partial charge in [-0.05, 0) is 30.7 Å². The van der Waals surface area contributed by atoms with E-state index < -0.39 is 10.0 Å². The monoisotopic (exact) mass is 348 g/mol. The number of benzene rings is 1. The van der Waals surface area contributed by atoms with Gasteiger partial charge in [0.25, 0.3) is 0 Å². The largest absolute Gasteiger partial charge is 0.378 e. The zero-order valence-corrected chi connectivity index (χ0v) is 14.3. The van der Waals surface area contributed by atoms with Crippen LogP contribution in [0.15, 0.2) is 41.4 Å². The lowest BCUT2D eigenvalue weighted by atomic mass is 10.2. The second-order valence-corrected chi connectivity index (χ2v) is 7.36. The maximum atomic E-state index is 12.4. The number of aromatic nitrogens is 2. The molecular formula is C16H20N4O3S. The summed E-state index contributed by atoms with van der Waals surface area (Å²) in [4.78, 5) is 11.0. The number of hydrogen-bond donors (Lipinski definition) is 1. The molecule has 0 atom stereocenters. The van der Waals surface area contributed by atoms with Crippen molar-refractivity contribution in [2.75, 3.05) is 31.2 Å². The molecule has 1 aliphatic heterocycles. The van der Waals surface area contributed by atoms with E-state index in [1.54, 1.807) is 30.5 Å². The number of hydrogen-bond acceptors (Lipinski definition) is 6. The fraction of sp³-hybridized carbons (Fsp3) is 0.375. The molecule has 24 heavy (non-hydrogen) atoms. The van der Waals surface area contributed by atoms with Crippen LogP contribution in [0.1, 0.15) is 11.3 Å². The number of sulfonamides is 1. The van der Waals surface area contributed by atoms with Crippen LogP contribution in [0.25, 0.3) is 0 Å². The highest BCUT2D eigenvalue weighted by molar-refractivity contribution is 7.89. The molecule has 0 unspecified atom stereocenters. The summed E-state index contributed by atoms with van der Waals surface area (Å²) in [5.74, 6) is 0.602. The van der Waals surface area contributed by atoms with Crippen molar-refractivity contribution in [3.8, 4) is 0 Å². The first-order chi connectivity index (χ1) is 11.5. The van der Waals surface area contributed by atoms with E-state index in [9.17, 15) is 8.42 Å². The Morgan fingerprint density at radius 1 is 1.25 bits per heavy atom. The van der Waals surface area contributed by atoms with Crippen LogP contribution in [0, 0.1) is 6.92 Å². The van der Waals surface area contributed by atoms with Crippen molar-refractivity contribution in [1.82, 2.24) is 14.7 Å². The Kier molecular flexibility index (Phi) is 5.08. The quantitative estimate of drug-likeness (QED) is 0.871. The van der Waals surface area contributed by atoms with E-state index in [-0.39, 0.29) is 11.4 Å². The molecule has 2 aromatic rings. The summed E-state index contributed by atoms with van der Waals surface area (Å²) < 4.78 is 32.6. The van der Waals surface area contributed by atoms with Gasteiger partial charge in [0.2, 0.25) is 16.0 Å². The van der Waals surface area contributed by atoms with E-state index in [1.807, 2.05) is 17.9 Å². The Labute approximate surface area is 141 Å². The van der Waals surface area contributed by atoms with Gasteiger partial charge < -0.3 is 9.64 Å². The SMILES string of the molecule is Cc1cccc(S(=O)(=O)NCc2ccnc(N3CCOCC3)n2)c1. The highest BCUT2D eigenvalue weighted by Gasteiger charge is 2.16. The second-order valence-electron chi connectivity index (χ2n) is 5.59. The highest BCUT2D eigenvalue weighted by atomic mass is 32.2. The molecule has 1 saturated heterocycles. The average Bonchev–Trinajstić information content (AvgIpc) is 2.61. The van der Waals surface area contributed by atoms with Gasteiger partial charge in [0.1, 0.15) is 0 Å². The molecule has 7 nitrogen and oxygen atoms in total. The van der Waals surface area contributed by atoms with E-state index in [2.05, 4.69) is 14.7 Å². The number of nitrogens with one attached hydrogen (secondary N) is 1. The third-order valence-corrected chi connectivity index (χ3v) is 5.14. The molecule has 1 aromatic heterocycles. The third kappa shape index (κ3) is 4.08. The van der Waals surface area contributed by atoms with Crippen molar-refractivity contribution in [3.05, 3.63) is 47.8 Å². The van der Waals surface area contributed by atoms with Gasteiger partial charge in [-0.2, -0.15) is 0 Å². The molecule has 0 saturated carbocycles. The molecule has 0 radical (unpaired) electrons. The van der Waals surface area contributed by atoms with E-state index in [1.165, 1.54) is 0 Å². The first-order valence-corrected chi connectivity index (χ1v) is 9.24. The van der Waals surface area contributed by atoms with Crippen LogP contribution in [-0.2, 0) is 21.3 Å². The number of aryl methyl sites for hydroxylation is 1. The van der Waals surface area contributed by atoms with Crippen molar-refractivity contribution in [3.63, 3.8) is 0 Å². The zero-order chi connectivity index (χ0) is 17.0. The molecule has 1 aliphatic rings. The Morgan fingerprint density at radius 3 is 2.79 bits per heavy atom. The molecule has 0 amide bonds. The number of ether oxygens (including phenoxy) is 1. The second kappa shape index (κ2) is 7.25. The van der Waals surface area contributed by atoms with Crippen LogP contribution in [0.4, 0.5) is 5.95 Å². The first-order valence-electron chi connectivity index (χ1n) is 7.75. The van der Waals surface area contributed by atoms with Crippen molar-refractivity contribution in [2.24, 2.45) is 0 Å². The van der Waals surface area contributed by atoms with Gasteiger partial charge >= 0.3 is 0 Å². The smallest absolute Gasteiger partial charge is 0.240 e. The number of anilines is 1.